The second kappa shape index (κ2) is 8.08. The summed E-state index contributed by atoms with van der Waals surface area (Å²) in [4.78, 5) is 11.9. The van der Waals surface area contributed by atoms with Gasteiger partial charge in [-0.3, -0.25) is 4.79 Å². The lowest BCUT2D eigenvalue weighted by molar-refractivity contribution is -0.121. The smallest absolute Gasteiger partial charge is 0.222 e. The molecule has 0 aliphatic carbocycles. The molecule has 0 bridgehead atoms. The fourth-order valence-electron chi connectivity index (χ4n) is 2.12. The molecule has 0 aromatic heterocycles. The number of nitrogens with one attached hydrogen (secondary N) is 2. The van der Waals surface area contributed by atoms with Crippen molar-refractivity contribution in [3.05, 3.63) is 59.7 Å². The van der Waals surface area contributed by atoms with Crippen LogP contribution in [-0.2, 0) is 11.3 Å². The number of hydrogen-bond acceptors (Lipinski definition) is 3. The Morgan fingerprint density at radius 1 is 1.09 bits per heavy atom. The monoisotopic (exact) mass is 298 g/mol. The summed E-state index contributed by atoms with van der Waals surface area (Å²) >= 11 is 0. The van der Waals surface area contributed by atoms with Gasteiger partial charge in [0.2, 0.25) is 5.91 Å². The molecular weight excluding hydrogens is 276 g/mol. The number of aryl methyl sites for hydroxylation is 1. The lowest BCUT2D eigenvalue weighted by Gasteiger charge is -2.10. The Bertz CT molecular complexity index is 609. The number of carbonyl (C=O) groups excluding carboxylic acids is 1. The fraction of sp³-hybridized carbons (Fsp3) is 0.278. The van der Waals surface area contributed by atoms with Gasteiger partial charge in [-0.15, -0.1) is 0 Å². The summed E-state index contributed by atoms with van der Waals surface area (Å²) in [5, 5.41) is 6.15. The fourth-order valence-corrected chi connectivity index (χ4v) is 2.12. The molecule has 0 atom stereocenters. The van der Waals surface area contributed by atoms with Crippen molar-refractivity contribution in [1.82, 2.24) is 5.32 Å². The van der Waals surface area contributed by atoms with Gasteiger partial charge < -0.3 is 15.4 Å². The molecule has 0 aliphatic heterocycles. The van der Waals surface area contributed by atoms with Crippen LogP contribution in [0, 0.1) is 6.92 Å². The van der Waals surface area contributed by atoms with Gasteiger partial charge in [-0.2, -0.15) is 0 Å². The van der Waals surface area contributed by atoms with Crippen molar-refractivity contribution in [2.75, 3.05) is 19.0 Å². The van der Waals surface area contributed by atoms with Crippen LogP contribution in [0.25, 0.3) is 0 Å². The van der Waals surface area contributed by atoms with Gasteiger partial charge >= 0.3 is 0 Å². The minimum absolute atomic E-state index is 0.0190. The van der Waals surface area contributed by atoms with Crippen molar-refractivity contribution in [3.63, 3.8) is 0 Å². The van der Waals surface area contributed by atoms with Crippen LogP contribution in [0.2, 0.25) is 0 Å². The Kier molecular flexibility index (Phi) is 5.83. The summed E-state index contributed by atoms with van der Waals surface area (Å²) in [6.45, 7) is 3.14. The third kappa shape index (κ3) is 4.81. The number of amides is 1. The normalized spacial score (nSPS) is 10.1. The first-order valence-corrected chi connectivity index (χ1v) is 7.38. The summed E-state index contributed by atoms with van der Waals surface area (Å²) in [5.74, 6) is 0.811. The van der Waals surface area contributed by atoms with E-state index in [0.29, 0.717) is 19.5 Å². The Morgan fingerprint density at radius 2 is 1.82 bits per heavy atom. The lowest BCUT2D eigenvalue weighted by atomic mass is 10.2. The number of hydrogen-bond donors (Lipinski definition) is 2. The van der Waals surface area contributed by atoms with Gasteiger partial charge in [0.05, 0.1) is 7.11 Å². The van der Waals surface area contributed by atoms with Gasteiger partial charge in [-0.25, -0.2) is 0 Å². The lowest BCUT2D eigenvalue weighted by Crippen LogP contribution is -2.25. The predicted molar refractivity (Wildman–Crippen MR) is 89.1 cm³/mol. The van der Waals surface area contributed by atoms with Crippen LogP contribution in [0.4, 0.5) is 5.69 Å². The maximum Gasteiger partial charge on any atom is 0.222 e. The number of rotatable bonds is 7. The number of para-hydroxylation sites is 1. The topological polar surface area (TPSA) is 50.4 Å². The van der Waals surface area contributed by atoms with E-state index < -0.39 is 0 Å². The van der Waals surface area contributed by atoms with E-state index in [2.05, 4.69) is 17.6 Å². The molecule has 0 spiro atoms. The van der Waals surface area contributed by atoms with Crippen LogP contribution >= 0.6 is 0 Å². The molecule has 2 aromatic carbocycles. The first-order chi connectivity index (χ1) is 10.7. The number of benzene rings is 2. The largest absolute Gasteiger partial charge is 0.496 e. The second-order valence-corrected chi connectivity index (χ2v) is 5.13. The van der Waals surface area contributed by atoms with Crippen LogP contribution in [0.15, 0.2) is 48.5 Å². The Morgan fingerprint density at radius 3 is 2.55 bits per heavy atom. The van der Waals surface area contributed by atoms with Crippen LogP contribution in [0.1, 0.15) is 17.5 Å². The summed E-state index contributed by atoms with van der Waals surface area (Å²) in [5.41, 5.74) is 3.23. The van der Waals surface area contributed by atoms with E-state index in [-0.39, 0.29) is 5.91 Å². The van der Waals surface area contributed by atoms with Crippen molar-refractivity contribution >= 4 is 11.6 Å². The van der Waals surface area contributed by atoms with Gasteiger partial charge in [0.15, 0.2) is 0 Å². The molecule has 116 valence electrons. The van der Waals surface area contributed by atoms with Crippen LogP contribution in [0.5, 0.6) is 5.75 Å². The number of ether oxygens (including phenoxy) is 1. The van der Waals surface area contributed by atoms with E-state index in [0.717, 1.165) is 17.0 Å². The van der Waals surface area contributed by atoms with Crippen LogP contribution in [0.3, 0.4) is 0 Å². The standard InChI is InChI=1S/C18H22N2O2/c1-14-7-9-16(10-8-14)19-12-11-18(21)20-13-15-5-3-4-6-17(15)22-2/h3-10,19H,11-13H2,1-2H3,(H,20,21). The van der Waals surface area contributed by atoms with Crippen molar-refractivity contribution < 1.29 is 9.53 Å². The van der Waals surface area contributed by atoms with E-state index in [1.807, 2.05) is 48.5 Å². The van der Waals surface area contributed by atoms with Crippen LogP contribution in [-0.4, -0.2) is 19.6 Å². The SMILES string of the molecule is COc1ccccc1CNC(=O)CCNc1ccc(C)cc1. The maximum absolute atomic E-state index is 11.9. The molecule has 2 rings (SSSR count). The first kappa shape index (κ1) is 15.9. The second-order valence-electron chi connectivity index (χ2n) is 5.13. The highest BCUT2D eigenvalue weighted by Crippen LogP contribution is 2.16. The summed E-state index contributed by atoms with van der Waals surface area (Å²) in [6, 6.07) is 15.8. The first-order valence-electron chi connectivity index (χ1n) is 7.38. The predicted octanol–water partition coefficient (Wildman–Crippen LogP) is 3.12. The molecule has 4 heteroatoms. The van der Waals surface area contributed by atoms with E-state index in [1.54, 1.807) is 7.11 Å². The molecule has 0 fully saturated rings. The molecule has 0 radical (unpaired) electrons. The molecule has 0 aliphatic rings. The highest BCUT2D eigenvalue weighted by atomic mass is 16.5. The van der Waals surface area contributed by atoms with Gasteiger partial charge in [0.25, 0.3) is 0 Å². The molecule has 22 heavy (non-hydrogen) atoms. The summed E-state index contributed by atoms with van der Waals surface area (Å²) in [6.07, 6.45) is 0.434. The van der Waals surface area contributed by atoms with Crippen molar-refractivity contribution in [2.45, 2.75) is 19.9 Å². The molecule has 0 heterocycles. The zero-order valence-electron chi connectivity index (χ0n) is 13.1. The van der Waals surface area contributed by atoms with Crippen LogP contribution < -0.4 is 15.4 Å². The van der Waals surface area contributed by atoms with E-state index in [9.17, 15) is 4.79 Å². The Labute approximate surface area is 131 Å². The molecular formula is C18H22N2O2. The quantitative estimate of drug-likeness (QED) is 0.825. The number of carbonyl (C=O) groups is 1. The van der Waals surface area contributed by atoms with Crippen molar-refractivity contribution in [3.8, 4) is 5.75 Å². The minimum Gasteiger partial charge on any atom is -0.496 e. The van der Waals surface area contributed by atoms with E-state index >= 15 is 0 Å². The van der Waals surface area contributed by atoms with Gasteiger partial charge in [0.1, 0.15) is 5.75 Å². The Balaban J connectivity index is 1.73. The third-order valence-corrected chi connectivity index (χ3v) is 3.40. The average molecular weight is 298 g/mol. The molecule has 1 amide bonds. The highest BCUT2D eigenvalue weighted by molar-refractivity contribution is 5.76. The third-order valence-electron chi connectivity index (χ3n) is 3.40. The average Bonchev–Trinajstić information content (AvgIpc) is 2.55. The molecule has 0 unspecified atom stereocenters. The highest BCUT2D eigenvalue weighted by Gasteiger charge is 2.04. The van der Waals surface area contributed by atoms with E-state index in [4.69, 9.17) is 4.74 Å². The van der Waals surface area contributed by atoms with Crippen molar-refractivity contribution in [1.29, 1.82) is 0 Å². The summed E-state index contributed by atoms with van der Waals surface area (Å²) < 4.78 is 5.26. The zero-order chi connectivity index (χ0) is 15.8. The maximum atomic E-state index is 11.9. The minimum atomic E-state index is 0.0190. The molecule has 0 saturated heterocycles. The Hall–Kier alpha value is -2.49. The molecule has 4 nitrogen and oxygen atoms in total. The van der Waals surface area contributed by atoms with Crippen molar-refractivity contribution in [2.24, 2.45) is 0 Å². The molecule has 0 saturated carbocycles. The number of anilines is 1. The molecule has 2 N–H and O–H groups in total. The van der Waals surface area contributed by atoms with Gasteiger partial charge in [-0.05, 0) is 25.1 Å². The number of methoxy groups -OCH3 is 1. The van der Waals surface area contributed by atoms with Gasteiger partial charge in [0, 0.05) is 30.8 Å². The summed E-state index contributed by atoms with van der Waals surface area (Å²) in [7, 11) is 1.63. The molecule has 2 aromatic rings. The van der Waals surface area contributed by atoms with E-state index in [1.165, 1.54) is 5.56 Å². The van der Waals surface area contributed by atoms with Gasteiger partial charge in [-0.1, -0.05) is 35.9 Å². The zero-order valence-corrected chi connectivity index (χ0v) is 13.1.